The highest BCUT2D eigenvalue weighted by atomic mass is 79.9. The topological polar surface area (TPSA) is 67.0 Å². The number of aromatic amines is 1. The van der Waals surface area contributed by atoms with Crippen LogP contribution >= 0.6 is 15.9 Å². The predicted molar refractivity (Wildman–Crippen MR) is 94.2 cm³/mol. The van der Waals surface area contributed by atoms with Crippen LogP contribution < -0.4 is 15.6 Å². The van der Waals surface area contributed by atoms with Gasteiger partial charge in [0.15, 0.2) is 0 Å². The Hall–Kier alpha value is -2.67. The molecule has 0 unspecified atom stereocenters. The van der Waals surface area contributed by atoms with Crippen LogP contribution in [0.2, 0.25) is 0 Å². The van der Waals surface area contributed by atoms with Gasteiger partial charge in [-0.05, 0) is 42.5 Å². The molecule has 0 aliphatic rings. The lowest BCUT2D eigenvalue weighted by atomic mass is 10.1. The average molecular weight is 390 g/mol. The SMILES string of the molecule is COc1ccc(-c2cc(=O)[nH]c(Nc3ccc(Br)cc3F)n2)cc1. The molecule has 0 spiro atoms. The normalized spacial score (nSPS) is 10.5. The number of hydrogen-bond acceptors (Lipinski definition) is 4. The molecule has 0 radical (unpaired) electrons. The molecular weight excluding hydrogens is 377 g/mol. The van der Waals surface area contributed by atoms with E-state index in [-0.39, 0.29) is 17.2 Å². The zero-order valence-corrected chi connectivity index (χ0v) is 14.2. The molecule has 5 nitrogen and oxygen atoms in total. The Morgan fingerprint density at radius 3 is 2.58 bits per heavy atom. The number of halogens is 2. The molecular formula is C17H13BrFN3O2. The number of H-pyrrole nitrogens is 1. The first kappa shape index (κ1) is 16.2. The Balaban J connectivity index is 1.95. The molecule has 1 heterocycles. The second kappa shape index (κ2) is 6.84. The number of ether oxygens (including phenoxy) is 1. The van der Waals surface area contributed by atoms with Crippen LogP contribution in [-0.4, -0.2) is 17.1 Å². The average Bonchev–Trinajstić information content (AvgIpc) is 2.57. The van der Waals surface area contributed by atoms with E-state index in [1.54, 1.807) is 43.5 Å². The number of nitrogens with one attached hydrogen (secondary N) is 2. The molecule has 0 saturated heterocycles. The third-order valence-electron chi connectivity index (χ3n) is 3.31. The van der Waals surface area contributed by atoms with E-state index < -0.39 is 5.82 Å². The molecule has 2 aromatic carbocycles. The van der Waals surface area contributed by atoms with Gasteiger partial charge in [0.25, 0.3) is 5.56 Å². The molecule has 1 aromatic heterocycles. The lowest BCUT2D eigenvalue weighted by Gasteiger charge is -2.09. The summed E-state index contributed by atoms with van der Waals surface area (Å²) >= 11 is 3.20. The smallest absolute Gasteiger partial charge is 0.252 e. The molecule has 7 heteroatoms. The Morgan fingerprint density at radius 1 is 1.17 bits per heavy atom. The van der Waals surface area contributed by atoms with Gasteiger partial charge in [-0.1, -0.05) is 15.9 Å². The van der Waals surface area contributed by atoms with E-state index in [0.29, 0.717) is 15.9 Å². The van der Waals surface area contributed by atoms with Crippen LogP contribution in [0.25, 0.3) is 11.3 Å². The molecule has 3 rings (SSSR count). The van der Waals surface area contributed by atoms with E-state index in [9.17, 15) is 9.18 Å². The van der Waals surface area contributed by atoms with Gasteiger partial charge in [-0.25, -0.2) is 9.37 Å². The molecule has 0 aliphatic carbocycles. The van der Waals surface area contributed by atoms with Crippen molar-refractivity contribution in [3.05, 3.63) is 69.2 Å². The minimum absolute atomic E-state index is 0.162. The summed E-state index contributed by atoms with van der Waals surface area (Å²) in [5.74, 6) is 0.412. The van der Waals surface area contributed by atoms with Crippen LogP contribution in [0.5, 0.6) is 5.75 Å². The highest BCUT2D eigenvalue weighted by molar-refractivity contribution is 9.10. The molecule has 0 fully saturated rings. The van der Waals surface area contributed by atoms with Crippen molar-refractivity contribution < 1.29 is 9.13 Å². The fourth-order valence-corrected chi connectivity index (χ4v) is 2.48. The number of rotatable bonds is 4. The van der Waals surface area contributed by atoms with E-state index in [0.717, 1.165) is 5.56 Å². The number of aromatic nitrogens is 2. The first-order valence-corrected chi connectivity index (χ1v) is 7.82. The first-order valence-electron chi connectivity index (χ1n) is 7.03. The Labute approximate surface area is 145 Å². The maximum atomic E-state index is 13.9. The van der Waals surface area contributed by atoms with Crippen LogP contribution in [0.15, 0.2) is 57.8 Å². The van der Waals surface area contributed by atoms with Crippen LogP contribution in [0.4, 0.5) is 16.0 Å². The summed E-state index contributed by atoms with van der Waals surface area (Å²) in [4.78, 5) is 18.8. The van der Waals surface area contributed by atoms with E-state index in [1.165, 1.54) is 12.1 Å². The molecule has 0 atom stereocenters. The van der Waals surface area contributed by atoms with Crippen molar-refractivity contribution in [1.29, 1.82) is 0 Å². The zero-order chi connectivity index (χ0) is 17.1. The van der Waals surface area contributed by atoms with E-state index in [1.807, 2.05) is 0 Å². The van der Waals surface area contributed by atoms with E-state index in [2.05, 4.69) is 31.2 Å². The second-order valence-electron chi connectivity index (χ2n) is 4.96. The minimum atomic E-state index is -0.457. The van der Waals surface area contributed by atoms with Crippen LogP contribution in [0.1, 0.15) is 0 Å². The standard InChI is InChI=1S/C17H13BrFN3O2/c1-24-12-5-2-10(3-6-12)15-9-16(23)22-17(21-15)20-14-7-4-11(18)8-13(14)19/h2-9H,1H3,(H2,20,21,22,23). The minimum Gasteiger partial charge on any atom is -0.497 e. The summed E-state index contributed by atoms with van der Waals surface area (Å²) in [5, 5.41) is 2.79. The van der Waals surface area contributed by atoms with Gasteiger partial charge in [-0.3, -0.25) is 9.78 Å². The lowest BCUT2D eigenvalue weighted by Crippen LogP contribution is -2.11. The largest absolute Gasteiger partial charge is 0.497 e. The van der Waals surface area contributed by atoms with Gasteiger partial charge in [0, 0.05) is 16.1 Å². The van der Waals surface area contributed by atoms with Gasteiger partial charge < -0.3 is 10.1 Å². The van der Waals surface area contributed by atoms with Crippen molar-refractivity contribution in [2.24, 2.45) is 0 Å². The maximum absolute atomic E-state index is 13.9. The fraction of sp³-hybridized carbons (Fsp3) is 0.0588. The Bertz CT molecular complexity index is 926. The van der Waals surface area contributed by atoms with Crippen molar-refractivity contribution in [2.75, 3.05) is 12.4 Å². The van der Waals surface area contributed by atoms with Gasteiger partial charge in [0.1, 0.15) is 11.6 Å². The van der Waals surface area contributed by atoms with Crippen LogP contribution in [-0.2, 0) is 0 Å². The third-order valence-corrected chi connectivity index (χ3v) is 3.80. The molecule has 0 bridgehead atoms. The van der Waals surface area contributed by atoms with Crippen molar-refractivity contribution in [3.8, 4) is 17.0 Å². The maximum Gasteiger partial charge on any atom is 0.252 e. The highest BCUT2D eigenvalue weighted by Gasteiger charge is 2.08. The number of anilines is 2. The molecule has 0 amide bonds. The molecule has 0 saturated carbocycles. The molecule has 0 aliphatic heterocycles. The molecule has 3 aromatic rings. The van der Waals surface area contributed by atoms with Crippen molar-refractivity contribution in [2.45, 2.75) is 0 Å². The quantitative estimate of drug-likeness (QED) is 0.704. The first-order chi connectivity index (χ1) is 11.5. The monoisotopic (exact) mass is 389 g/mol. The summed E-state index contributed by atoms with van der Waals surface area (Å²) in [6.45, 7) is 0. The van der Waals surface area contributed by atoms with E-state index in [4.69, 9.17) is 4.74 Å². The summed E-state index contributed by atoms with van der Waals surface area (Å²) in [7, 11) is 1.58. The Kier molecular flexibility index (Phi) is 4.61. The van der Waals surface area contributed by atoms with Gasteiger partial charge in [0.05, 0.1) is 18.5 Å². The number of hydrogen-bond donors (Lipinski definition) is 2. The summed E-state index contributed by atoms with van der Waals surface area (Å²) in [5.41, 5.74) is 1.10. The summed E-state index contributed by atoms with van der Waals surface area (Å²) in [6.07, 6.45) is 0. The zero-order valence-electron chi connectivity index (χ0n) is 12.6. The second-order valence-corrected chi connectivity index (χ2v) is 5.87. The summed E-state index contributed by atoms with van der Waals surface area (Å²) < 4.78 is 19.6. The van der Waals surface area contributed by atoms with Crippen molar-refractivity contribution in [3.63, 3.8) is 0 Å². The number of methoxy groups -OCH3 is 1. The van der Waals surface area contributed by atoms with Gasteiger partial charge in [0.2, 0.25) is 5.95 Å². The molecule has 122 valence electrons. The number of benzene rings is 2. The highest BCUT2D eigenvalue weighted by Crippen LogP contribution is 2.23. The van der Waals surface area contributed by atoms with Crippen molar-refractivity contribution >= 4 is 27.6 Å². The lowest BCUT2D eigenvalue weighted by molar-refractivity contribution is 0.415. The number of nitrogens with zero attached hydrogens (tertiary/aromatic N) is 1. The van der Waals surface area contributed by atoms with Crippen molar-refractivity contribution in [1.82, 2.24) is 9.97 Å². The van der Waals surface area contributed by atoms with Gasteiger partial charge in [-0.15, -0.1) is 0 Å². The Morgan fingerprint density at radius 2 is 1.92 bits per heavy atom. The van der Waals surface area contributed by atoms with Gasteiger partial charge in [-0.2, -0.15) is 0 Å². The molecule has 24 heavy (non-hydrogen) atoms. The molecule has 2 N–H and O–H groups in total. The predicted octanol–water partition coefficient (Wildman–Crippen LogP) is 4.09. The van der Waals surface area contributed by atoms with Gasteiger partial charge >= 0.3 is 0 Å². The fourth-order valence-electron chi connectivity index (χ4n) is 2.14. The van der Waals surface area contributed by atoms with Crippen LogP contribution in [0.3, 0.4) is 0 Å². The van der Waals surface area contributed by atoms with Crippen LogP contribution in [0, 0.1) is 5.82 Å². The summed E-state index contributed by atoms with van der Waals surface area (Å²) in [6, 6.07) is 13.1. The van der Waals surface area contributed by atoms with E-state index >= 15 is 0 Å². The third kappa shape index (κ3) is 3.62.